The molecule has 2 nitrogen and oxygen atoms in total. The molecule has 1 N–H and O–H groups in total. The van der Waals surface area contributed by atoms with Crippen molar-refractivity contribution in [1.29, 1.82) is 0 Å². The predicted octanol–water partition coefficient (Wildman–Crippen LogP) is 3.55. The predicted molar refractivity (Wildman–Crippen MR) is 59.2 cm³/mol. The molecule has 0 unspecified atom stereocenters. The molecule has 74 valence electrons. The lowest BCUT2D eigenvalue weighted by molar-refractivity contribution is 0.475. The van der Waals surface area contributed by atoms with E-state index in [-0.39, 0.29) is 5.75 Å². The van der Waals surface area contributed by atoms with Crippen molar-refractivity contribution in [2.75, 3.05) is 0 Å². The van der Waals surface area contributed by atoms with Crippen LogP contribution >= 0.6 is 0 Å². The molecule has 15 heavy (non-hydrogen) atoms. The first kappa shape index (κ1) is 8.36. The Labute approximate surface area is 87.1 Å². The minimum absolute atomic E-state index is 0.268. The molecule has 2 heteroatoms. The number of aryl methyl sites for hydroxylation is 1. The smallest absolute Gasteiger partial charge is 0.135 e. The third kappa shape index (κ3) is 1.11. The van der Waals surface area contributed by atoms with Crippen molar-refractivity contribution in [3.05, 3.63) is 42.2 Å². The summed E-state index contributed by atoms with van der Waals surface area (Å²) in [6, 6.07) is 11.2. The second kappa shape index (κ2) is 2.76. The number of phenolic OH excluding ortho intramolecular Hbond substituents is 1. The summed E-state index contributed by atoms with van der Waals surface area (Å²) >= 11 is 0. The van der Waals surface area contributed by atoms with Crippen LogP contribution in [0.3, 0.4) is 0 Å². The van der Waals surface area contributed by atoms with Crippen LogP contribution in [0.15, 0.2) is 40.8 Å². The maximum absolute atomic E-state index is 9.45. The zero-order valence-electron chi connectivity index (χ0n) is 8.32. The molecule has 0 saturated carbocycles. The molecular formula is C13H10O2. The Balaban J connectivity index is 2.54. The van der Waals surface area contributed by atoms with Crippen molar-refractivity contribution in [1.82, 2.24) is 0 Å². The summed E-state index contributed by atoms with van der Waals surface area (Å²) in [6.45, 7) is 1.95. The van der Waals surface area contributed by atoms with Gasteiger partial charge >= 0.3 is 0 Å². The van der Waals surface area contributed by atoms with Crippen molar-refractivity contribution >= 4 is 11.0 Å². The van der Waals surface area contributed by atoms with Gasteiger partial charge in [0.15, 0.2) is 0 Å². The van der Waals surface area contributed by atoms with E-state index < -0.39 is 0 Å². The van der Waals surface area contributed by atoms with Gasteiger partial charge in [-0.25, -0.2) is 0 Å². The quantitative estimate of drug-likeness (QED) is 0.599. The molecule has 0 saturated heterocycles. The summed E-state index contributed by atoms with van der Waals surface area (Å²) in [5.41, 5.74) is 3.04. The van der Waals surface area contributed by atoms with Crippen LogP contribution in [0.5, 0.6) is 5.75 Å². The SMILES string of the molecule is Cc1oc2ccc(O)cc2c2cccc1-2. The first-order valence-corrected chi connectivity index (χ1v) is 4.86. The molecule has 2 aliphatic rings. The lowest BCUT2D eigenvalue weighted by Crippen LogP contribution is -1.83. The van der Waals surface area contributed by atoms with Gasteiger partial charge in [-0.2, -0.15) is 0 Å². The number of hydrogen-bond donors (Lipinski definition) is 1. The fourth-order valence-electron chi connectivity index (χ4n) is 2.00. The number of aromatic hydroxyl groups is 1. The van der Waals surface area contributed by atoms with Gasteiger partial charge < -0.3 is 9.52 Å². The Morgan fingerprint density at radius 2 is 1.87 bits per heavy atom. The normalized spacial score (nSPS) is 11.3. The highest BCUT2D eigenvalue weighted by molar-refractivity contribution is 5.96. The molecule has 1 aliphatic carbocycles. The van der Waals surface area contributed by atoms with E-state index in [0.29, 0.717) is 0 Å². The van der Waals surface area contributed by atoms with E-state index in [1.54, 1.807) is 18.2 Å². The number of rotatable bonds is 0. The van der Waals surface area contributed by atoms with Crippen LogP contribution in [0.25, 0.3) is 22.1 Å². The van der Waals surface area contributed by atoms with E-state index in [1.165, 1.54) is 0 Å². The molecule has 3 rings (SSSR count). The second-order valence-corrected chi connectivity index (χ2v) is 3.69. The molecule has 0 fully saturated rings. The summed E-state index contributed by atoms with van der Waals surface area (Å²) in [4.78, 5) is 0. The third-order valence-corrected chi connectivity index (χ3v) is 2.71. The summed E-state index contributed by atoms with van der Waals surface area (Å²) in [5, 5.41) is 10.4. The molecule has 0 bridgehead atoms. The molecular weight excluding hydrogens is 188 g/mol. The van der Waals surface area contributed by atoms with E-state index in [9.17, 15) is 5.11 Å². The molecule has 0 atom stereocenters. The van der Waals surface area contributed by atoms with Crippen molar-refractivity contribution in [3.8, 4) is 16.9 Å². The monoisotopic (exact) mass is 198 g/mol. The molecule has 0 aromatic heterocycles. The fourth-order valence-corrected chi connectivity index (χ4v) is 2.00. The molecule has 0 spiro atoms. The largest absolute Gasteiger partial charge is 0.508 e. The topological polar surface area (TPSA) is 33.4 Å². The summed E-state index contributed by atoms with van der Waals surface area (Å²) in [7, 11) is 0. The zero-order chi connectivity index (χ0) is 10.4. The number of benzene rings is 1. The molecule has 0 radical (unpaired) electrons. The van der Waals surface area contributed by atoms with E-state index >= 15 is 0 Å². The Hall–Kier alpha value is -1.96. The Bertz CT molecular complexity index is 607. The minimum Gasteiger partial charge on any atom is -0.508 e. The lowest BCUT2D eigenvalue weighted by Gasteiger charge is -2.08. The van der Waals surface area contributed by atoms with Crippen molar-refractivity contribution < 1.29 is 9.52 Å². The molecule has 1 heterocycles. The number of fused-ring (bicyclic) bond motifs is 3. The van der Waals surface area contributed by atoms with Gasteiger partial charge in [-0.05, 0) is 30.7 Å². The van der Waals surface area contributed by atoms with Crippen LogP contribution in [0.2, 0.25) is 0 Å². The molecule has 1 aliphatic heterocycles. The van der Waals surface area contributed by atoms with Gasteiger partial charge in [0.1, 0.15) is 17.1 Å². The van der Waals surface area contributed by atoms with Gasteiger partial charge in [-0.1, -0.05) is 18.2 Å². The standard InChI is InChI=1S/C13H10O2/c1-8-10-3-2-4-11(10)12-7-9(14)5-6-13(12)15-8/h2-7,14H,1H3. The average molecular weight is 198 g/mol. The lowest BCUT2D eigenvalue weighted by atomic mass is 10.0. The minimum atomic E-state index is 0.268. The fraction of sp³-hybridized carbons (Fsp3) is 0.0769. The zero-order valence-corrected chi connectivity index (χ0v) is 8.32. The third-order valence-electron chi connectivity index (χ3n) is 2.71. The first-order chi connectivity index (χ1) is 7.25. The Morgan fingerprint density at radius 1 is 1.07 bits per heavy atom. The van der Waals surface area contributed by atoms with Crippen LogP contribution in [-0.4, -0.2) is 5.11 Å². The summed E-state index contributed by atoms with van der Waals surface area (Å²) < 4.78 is 5.68. The number of phenols is 1. The van der Waals surface area contributed by atoms with Gasteiger partial charge in [-0.15, -0.1) is 0 Å². The molecule has 1 aromatic carbocycles. The van der Waals surface area contributed by atoms with Crippen molar-refractivity contribution in [3.63, 3.8) is 0 Å². The van der Waals surface area contributed by atoms with Gasteiger partial charge in [0.25, 0.3) is 0 Å². The van der Waals surface area contributed by atoms with Crippen LogP contribution in [0.1, 0.15) is 5.76 Å². The Kier molecular flexibility index (Phi) is 1.54. The maximum atomic E-state index is 9.45. The van der Waals surface area contributed by atoms with Crippen molar-refractivity contribution in [2.45, 2.75) is 6.92 Å². The van der Waals surface area contributed by atoms with Crippen LogP contribution < -0.4 is 0 Å². The number of hydrogen-bond acceptors (Lipinski definition) is 2. The van der Waals surface area contributed by atoms with E-state index in [4.69, 9.17) is 4.42 Å². The van der Waals surface area contributed by atoms with Crippen LogP contribution in [-0.2, 0) is 0 Å². The second-order valence-electron chi connectivity index (χ2n) is 3.69. The summed E-state index contributed by atoms with van der Waals surface area (Å²) in [6.07, 6.45) is 0. The Morgan fingerprint density at radius 3 is 2.73 bits per heavy atom. The highest BCUT2D eigenvalue weighted by Gasteiger charge is 2.12. The van der Waals surface area contributed by atoms with Gasteiger partial charge in [-0.3, -0.25) is 0 Å². The van der Waals surface area contributed by atoms with Gasteiger partial charge in [0.05, 0.1) is 0 Å². The van der Waals surface area contributed by atoms with E-state index in [1.807, 2.05) is 25.1 Å². The van der Waals surface area contributed by atoms with Crippen LogP contribution in [0.4, 0.5) is 0 Å². The summed E-state index contributed by atoms with van der Waals surface area (Å²) in [5.74, 6) is 1.18. The highest BCUT2D eigenvalue weighted by Crippen LogP contribution is 2.36. The van der Waals surface area contributed by atoms with Crippen molar-refractivity contribution in [2.24, 2.45) is 0 Å². The van der Waals surface area contributed by atoms with E-state index in [0.717, 1.165) is 27.9 Å². The molecule has 1 aromatic rings. The van der Waals surface area contributed by atoms with Gasteiger partial charge in [0, 0.05) is 10.9 Å². The van der Waals surface area contributed by atoms with E-state index in [2.05, 4.69) is 0 Å². The highest BCUT2D eigenvalue weighted by atomic mass is 16.3. The first-order valence-electron chi connectivity index (χ1n) is 4.86. The maximum Gasteiger partial charge on any atom is 0.135 e. The van der Waals surface area contributed by atoms with Gasteiger partial charge in [0.2, 0.25) is 0 Å². The average Bonchev–Trinajstić information content (AvgIpc) is 2.69. The molecule has 0 amide bonds. The van der Waals surface area contributed by atoms with Crippen LogP contribution in [0, 0.1) is 6.92 Å².